The van der Waals surface area contributed by atoms with E-state index in [9.17, 15) is 9.18 Å². The van der Waals surface area contributed by atoms with E-state index in [4.69, 9.17) is 15.9 Å². The van der Waals surface area contributed by atoms with Crippen molar-refractivity contribution in [1.82, 2.24) is 20.1 Å². The smallest absolute Gasteiger partial charge is 0.258 e. The van der Waals surface area contributed by atoms with Crippen molar-refractivity contribution in [2.24, 2.45) is 7.05 Å². The Morgan fingerprint density at radius 2 is 2.10 bits per heavy atom. The van der Waals surface area contributed by atoms with Crippen LogP contribution in [0.4, 0.5) is 21.7 Å². The minimum atomic E-state index is -0.619. The van der Waals surface area contributed by atoms with E-state index in [-0.39, 0.29) is 24.3 Å². The predicted molar refractivity (Wildman–Crippen MR) is 117 cm³/mol. The van der Waals surface area contributed by atoms with Crippen LogP contribution in [0.25, 0.3) is 11.4 Å². The highest BCUT2D eigenvalue weighted by molar-refractivity contribution is 5.87. The van der Waals surface area contributed by atoms with Crippen molar-refractivity contribution in [3.63, 3.8) is 0 Å². The Balaban J connectivity index is 1.74. The van der Waals surface area contributed by atoms with Crippen LogP contribution < -0.4 is 21.1 Å². The number of amides is 1. The van der Waals surface area contributed by atoms with E-state index in [1.54, 1.807) is 31.3 Å². The number of ether oxygens (including phenoxy) is 1. The van der Waals surface area contributed by atoms with Crippen LogP contribution in [0.5, 0.6) is 5.75 Å². The molecule has 31 heavy (non-hydrogen) atoms. The molecule has 0 saturated carbocycles. The van der Waals surface area contributed by atoms with Gasteiger partial charge in [0, 0.05) is 41.8 Å². The monoisotopic (exact) mass is 425 g/mol. The summed E-state index contributed by atoms with van der Waals surface area (Å²) in [6.45, 7) is 3.39. The molecule has 1 amide bonds. The second-order valence-electron chi connectivity index (χ2n) is 7.15. The molecule has 5 N–H and O–H groups in total. The summed E-state index contributed by atoms with van der Waals surface area (Å²) in [5.41, 5.74) is 8.02. The van der Waals surface area contributed by atoms with Gasteiger partial charge in [0.15, 0.2) is 24.0 Å². The second kappa shape index (κ2) is 9.24. The van der Waals surface area contributed by atoms with Crippen LogP contribution in [0.15, 0.2) is 36.4 Å². The third-order valence-corrected chi connectivity index (χ3v) is 4.26. The molecule has 0 aliphatic rings. The van der Waals surface area contributed by atoms with Crippen molar-refractivity contribution in [3.8, 4) is 17.1 Å². The van der Waals surface area contributed by atoms with Gasteiger partial charge in [-0.2, -0.15) is 4.98 Å². The molecule has 0 aliphatic heterocycles. The lowest BCUT2D eigenvalue weighted by atomic mass is 10.2. The number of carbonyl (C=O) groups is 1. The second-order valence-corrected chi connectivity index (χ2v) is 7.15. The summed E-state index contributed by atoms with van der Waals surface area (Å²) in [5, 5.41) is 17.5. The first-order chi connectivity index (χ1) is 14.8. The predicted octanol–water partition coefficient (Wildman–Crippen LogP) is 2.85. The van der Waals surface area contributed by atoms with Crippen molar-refractivity contribution in [1.29, 1.82) is 5.41 Å². The fourth-order valence-corrected chi connectivity index (χ4v) is 2.79. The molecule has 0 spiro atoms. The molecule has 0 unspecified atom stereocenters. The number of nitrogens with two attached hydrogens (primary N) is 1. The molecule has 3 aromatic rings. The van der Waals surface area contributed by atoms with Crippen LogP contribution in [0.1, 0.15) is 19.4 Å². The third kappa shape index (κ3) is 5.35. The van der Waals surface area contributed by atoms with Crippen molar-refractivity contribution in [3.05, 3.63) is 47.8 Å². The number of carbonyl (C=O) groups excluding carboxylic acids is 1. The highest BCUT2D eigenvalue weighted by atomic mass is 19.1. The summed E-state index contributed by atoms with van der Waals surface area (Å²) < 4.78 is 21.2. The zero-order valence-corrected chi connectivity index (χ0v) is 17.4. The van der Waals surface area contributed by atoms with Gasteiger partial charge in [-0.1, -0.05) is 0 Å². The summed E-state index contributed by atoms with van der Waals surface area (Å²) in [6, 6.07) is 9.46. The van der Waals surface area contributed by atoms with E-state index < -0.39 is 5.82 Å². The van der Waals surface area contributed by atoms with Gasteiger partial charge in [0.2, 0.25) is 5.95 Å². The molecular formula is C21H24FN7O2. The van der Waals surface area contributed by atoms with Gasteiger partial charge < -0.3 is 26.5 Å². The number of aryl methyl sites for hydroxylation is 1. The maximum absolute atomic E-state index is 14.5. The number of nitrogen functional groups attached to an aromatic ring is 1. The number of hydrogen-bond acceptors (Lipinski definition) is 7. The molecule has 0 aliphatic carbocycles. The zero-order valence-electron chi connectivity index (χ0n) is 17.4. The van der Waals surface area contributed by atoms with Gasteiger partial charge in [-0.25, -0.2) is 9.07 Å². The zero-order chi connectivity index (χ0) is 22.5. The summed E-state index contributed by atoms with van der Waals surface area (Å²) in [4.78, 5) is 16.1. The molecule has 0 bridgehead atoms. The van der Waals surface area contributed by atoms with Gasteiger partial charge in [0.25, 0.3) is 5.91 Å². The first-order valence-corrected chi connectivity index (χ1v) is 9.57. The summed E-state index contributed by atoms with van der Waals surface area (Å²) in [5.74, 6) is -0.226. The Kier molecular flexibility index (Phi) is 6.49. The standard InChI is InChI=1S/C21H24FN7O2/c1-12(2)25-19(30)11-31-18-7-4-13(9-16(18)22)20-27-21(29(3)28-20)26-15-5-6-17(24)14(8-15)10-23/h4-10,12,23H,11,24H2,1-3H3,(H,25,30)(H,26,27,28). The van der Waals surface area contributed by atoms with Gasteiger partial charge in [-0.3, -0.25) is 4.79 Å². The largest absolute Gasteiger partial charge is 0.481 e. The molecule has 1 heterocycles. The molecule has 2 aromatic carbocycles. The molecule has 0 saturated heterocycles. The molecular weight excluding hydrogens is 401 g/mol. The topological polar surface area (TPSA) is 131 Å². The minimum Gasteiger partial charge on any atom is -0.481 e. The fraction of sp³-hybridized carbons (Fsp3) is 0.238. The van der Waals surface area contributed by atoms with Crippen LogP contribution in [-0.4, -0.2) is 39.5 Å². The van der Waals surface area contributed by atoms with Gasteiger partial charge in [-0.05, 0) is 50.2 Å². The maximum Gasteiger partial charge on any atom is 0.258 e. The van der Waals surface area contributed by atoms with Crippen molar-refractivity contribution in [2.45, 2.75) is 19.9 Å². The lowest BCUT2D eigenvalue weighted by Gasteiger charge is -2.10. The van der Waals surface area contributed by atoms with Gasteiger partial charge in [0.05, 0.1) is 0 Å². The summed E-state index contributed by atoms with van der Waals surface area (Å²) in [6.07, 6.45) is 1.17. The van der Waals surface area contributed by atoms with Gasteiger partial charge >= 0.3 is 0 Å². The van der Waals surface area contributed by atoms with E-state index >= 15 is 0 Å². The Labute approximate surface area is 178 Å². The van der Waals surface area contributed by atoms with Crippen LogP contribution in [0, 0.1) is 11.2 Å². The van der Waals surface area contributed by atoms with Gasteiger partial charge in [-0.15, -0.1) is 5.10 Å². The van der Waals surface area contributed by atoms with Crippen molar-refractivity contribution >= 4 is 29.4 Å². The number of aromatic nitrogens is 3. The van der Waals surface area contributed by atoms with E-state index in [2.05, 4.69) is 20.7 Å². The quantitative estimate of drug-likeness (QED) is 0.324. The number of nitrogens with zero attached hydrogens (tertiary/aromatic N) is 3. The number of nitrogens with one attached hydrogen (secondary N) is 3. The van der Waals surface area contributed by atoms with E-state index in [1.165, 1.54) is 23.0 Å². The third-order valence-electron chi connectivity index (χ3n) is 4.26. The number of hydrogen-bond donors (Lipinski definition) is 4. The van der Waals surface area contributed by atoms with E-state index in [1.807, 2.05) is 13.8 Å². The fourth-order valence-electron chi connectivity index (χ4n) is 2.79. The SMILES string of the molecule is CC(C)NC(=O)COc1ccc(-c2nc(Nc3ccc(N)c(C=N)c3)n(C)n2)cc1F. The van der Waals surface area contributed by atoms with Crippen molar-refractivity contribution in [2.75, 3.05) is 17.7 Å². The highest BCUT2D eigenvalue weighted by Crippen LogP contribution is 2.26. The van der Waals surface area contributed by atoms with Crippen LogP contribution >= 0.6 is 0 Å². The Bertz CT molecular complexity index is 1110. The Hall–Kier alpha value is -3.95. The highest BCUT2D eigenvalue weighted by Gasteiger charge is 2.14. The lowest BCUT2D eigenvalue weighted by Crippen LogP contribution is -2.34. The molecule has 162 valence electrons. The number of halogens is 1. The molecule has 1 aromatic heterocycles. The minimum absolute atomic E-state index is 0.0220. The Morgan fingerprint density at radius 3 is 2.77 bits per heavy atom. The normalized spacial score (nSPS) is 10.7. The lowest BCUT2D eigenvalue weighted by molar-refractivity contribution is -0.123. The van der Waals surface area contributed by atoms with Gasteiger partial charge in [0.1, 0.15) is 0 Å². The first-order valence-electron chi connectivity index (χ1n) is 9.57. The molecule has 9 nitrogen and oxygen atoms in total. The molecule has 0 radical (unpaired) electrons. The van der Waals surface area contributed by atoms with Crippen LogP contribution in [0.3, 0.4) is 0 Å². The first kappa shape index (κ1) is 21.8. The average molecular weight is 425 g/mol. The van der Waals surface area contributed by atoms with Crippen LogP contribution in [-0.2, 0) is 11.8 Å². The average Bonchev–Trinajstić information content (AvgIpc) is 3.08. The molecule has 0 atom stereocenters. The molecule has 10 heteroatoms. The maximum atomic E-state index is 14.5. The number of anilines is 3. The molecule has 0 fully saturated rings. The van der Waals surface area contributed by atoms with E-state index in [0.717, 1.165) is 0 Å². The van der Waals surface area contributed by atoms with E-state index in [0.29, 0.717) is 34.3 Å². The number of benzene rings is 2. The number of rotatable bonds is 8. The summed E-state index contributed by atoms with van der Waals surface area (Å²) in [7, 11) is 1.70. The summed E-state index contributed by atoms with van der Waals surface area (Å²) >= 11 is 0. The van der Waals surface area contributed by atoms with Crippen molar-refractivity contribution < 1.29 is 13.9 Å². The van der Waals surface area contributed by atoms with Crippen LogP contribution in [0.2, 0.25) is 0 Å². The molecule has 3 rings (SSSR count). The Morgan fingerprint density at radius 1 is 1.32 bits per heavy atom.